The summed E-state index contributed by atoms with van der Waals surface area (Å²) in [6.07, 6.45) is 6.35. The van der Waals surface area contributed by atoms with Gasteiger partial charge in [-0.2, -0.15) is 0 Å². The highest BCUT2D eigenvalue weighted by atomic mass is 35.5. The van der Waals surface area contributed by atoms with Crippen LogP contribution in [-0.2, 0) is 17.0 Å². The molecule has 0 bridgehead atoms. The minimum absolute atomic E-state index is 0.487. The number of nitrogens with zero attached hydrogens (tertiary/aromatic N) is 1. The minimum atomic E-state index is 0.487. The topological polar surface area (TPSA) is 22.1 Å². The maximum atomic E-state index is 6.01. The number of hydrogen-bond acceptors (Lipinski definition) is 3. The Hall–Kier alpha value is -0.120. The molecule has 1 aliphatic rings. The Morgan fingerprint density at radius 3 is 2.89 bits per heavy atom. The van der Waals surface area contributed by atoms with Crippen LogP contribution in [0.5, 0.6) is 0 Å². The zero-order chi connectivity index (χ0) is 13.7. The lowest BCUT2D eigenvalue weighted by molar-refractivity contribution is 0.00177. The molecular weight excluding hydrogens is 278 g/mol. The van der Waals surface area contributed by atoms with Gasteiger partial charge in [0.05, 0.1) is 22.7 Å². The molecular formula is C15H24ClNOS. The van der Waals surface area contributed by atoms with Crippen molar-refractivity contribution in [2.45, 2.75) is 57.9 Å². The van der Waals surface area contributed by atoms with Gasteiger partial charge in [-0.3, -0.25) is 0 Å². The maximum Gasteiger partial charge on any atom is 0.0929 e. The van der Waals surface area contributed by atoms with E-state index in [2.05, 4.69) is 18.8 Å². The molecule has 0 amide bonds. The van der Waals surface area contributed by atoms with Gasteiger partial charge in [0.15, 0.2) is 0 Å². The third-order valence-corrected chi connectivity index (χ3v) is 5.41. The first-order valence-electron chi connectivity index (χ1n) is 7.30. The van der Waals surface area contributed by atoms with Crippen LogP contribution in [0.1, 0.15) is 50.2 Å². The molecule has 0 N–H and O–H groups in total. The summed E-state index contributed by atoms with van der Waals surface area (Å²) < 4.78 is 6.01. The van der Waals surface area contributed by atoms with Crippen molar-refractivity contribution in [1.29, 1.82) is 0 Å². The van der Waals surface area contributed by atoms with Gasteiger partial charge in [0.2, 0.25) is 0 Å². The van der Waals surface area contributed by atoms with Crippen molar-refractivity contribution in [3.05, 3.63) is 16.1 Å². The van der Waals surface area contributed by atoms with Gasteiger partial charge in [0, 0.05) is 18.4 Å². The SMILES string of the molecule is CC1CCC(OCCCc2nc(CCl)cs2)CC1C. The van der Waals surface area contributed by atoms with Crippen LogP contribution in [0.3, 0.4) is 0 Å². The van der Waals surface area contributed by atoms with E-state index in [4.69, 9.17) is 16.3 Å². The van der Waals surface area contributed by atoms with E-state index >= 15 is 0 Å². The third-order valence-electron chi connectivity index (χ3n) is 4.17. The smallest absolute Gasteiger partial charge is 0.0929 e. The molecule has 3 unspecified atom stereocenters. The lowest BCUT2D eigenvalue weighted by atomic mass is 9.80. The van der Waals surface area contributed by atoms with Crippen LogP contribution in [0.2, 0.25) is 0 Å². The molecule has 3 atom stereocenters. The van der Waals surface area contributed by atoms with Gasteiger partial charge in [0.25, 0.3) is 0 Å². The molecule has 1 aromatic heterocycles. The minimum Gasteiger partial charge on any atom is -0.378 e. The molecule has 1 heterocycles. The highest BCUT2D eigenvalue weighted by molar-refractivity contribution is 7.09. The molecule has 0 aliphatic heterocycles. The van der Waals surface area contributed by atoms with Crippen LogP contribution in [0.25, 0.3) is 0 Å². The largest absolute Gasteiger partial charge is 0.378 e. The first-order valence-corrected chi connectivity index (χ1v) is 8.71. The molecule has 1 aliphatic carbocycles. The fourth-order valence-corrected chi connectivity index (χ4v) is 3.72. The van der Waals surface area contributed by atoms with Gasteiger partial charge in [-0.1, -0.05) is 13.8 Å². The average molecular weight is 302 g/mol. The first-order chi connectivity index (χ1) is 9.19. The van der Waals surface area contributed by atoms with E-state index in [1.165, 1.54) is 24.3 Å². The molecule has 2 nitrogen and oxygen atoms in total. The molecule has 108 valence electrons. The van der Waals surface area contributed by atoms with E-state index < -0.39 is 0 Å². The van der Waals surface area contributed by atoms with Crippen LogP contribution in [0.4, 0.5) is 0 Å². The summed E-state index contributed by atoms with van der Waals surface area (Å²) in [6.45, 7) is 5.57. The van der Waals surface area contributed by atoms with E-state index in [0.717, 1.165) is 37.0 Å². The molecule has 1 aromatic rings. The number of aromatic nitrogens is 1. The van der Waals surface area contributed by atoms with Gasteiger partial charge in [0.1, 0.15) is 0 Å². The molecule has 1 saturated carbocycles. The number of aryl methyl sites for hydroxylation is 1. The van der Waals surface area contributed by atoms with E-state index in [9.17, 15) is 0 Å². The average Bonchev–Trinajstić information content (AvgIpc) is 2.87. The van der Waals surface area contributed by atoms with Gasteiger partial charge in [-0.25, -0.2) is 4.98 Å². The molecule has 0 aromatic carbocycles. The second-order valence-electron chi connectivity index (χ2n) is 5.73. The Labute approximate surface area is 125 Å². The predicted octanol–water partition coefficient (Wildman–Crippen LogP) is 4.66. The number of halogens is 1. The Kier molecular flexibility index (Phi) is 6.11. The van der Waals surface area contributed by atoms with Crippen molar-refractivity contribution in [1.82, 2.24) is 4.98 Å². The molecule has 19 heavy (non-hydrogen) atoms. The summed E-state index contributed by atoms with van der Waals surface area (Å²) in [7, 11) is 0. The van der Waals surface area contributed by atoms with Crippen molar-refractivity contribution < 1.29 is 4.74 Å². The molecule has 4 heteroatoms. The molecule has 0 spiro atoms. The van der Waals surface area contributed by atoms with Crippen molar-refractivity contribution >= 4 is 22.9 Å². The summed E-state index contributed by atoms with van der Waals surface area (Å²) in [6, 6.07) is 0. The number of hydrogen-bond donors (Lipinski definition) is 0. The molecule has 0 saturated heterocycles. The number of ether oxygens (including phenoxy) is 1. The van der Waals surface area contributed by atoms with Gasteiger partial charge in [-0.15, -0.1) is 22.9 Å². The summed E-state index contributed by atoms with van der Waals surface area (Å²) >= 11 is 7.46. The lowest BCUT2D eigenvalue weighted by Gasteiger charge is -2.31. The lowest BCUT2D eigenvalue weighted by Crippen LogP contribution is -2.27. The Morgan fingerprint density at radius 1 is 1.37 bits per heavy atom. The van der Waals surface area contributed by atoms with Crippen molar-refractivity contribution in [2.75, 3.05) is 6.61 Å². The fourth-order valence-electron chi connectivity index (χ4n) is 2.65. The number of rotatable bonds is 6. The second-order valence-corrected chi connectivity index (χ2v) is 6.94. The van der Waals surface area contributed by atoms with Gasteiger partial charge in [-0.05, 0) is 37.5 Å². The fraction of sp³-hybridized carbons (Fsp3) is 0.800. The van der Waals surface area contributed by atoms with Gasteiger partial charge < -0.3 is 4.74 Å². The molecule has 1 fully saturated rings. The number of alkyl halides is 1. The third kappa shape index (κ3) is 4.73. The Balaban J connectivity index is 1.61. The number of thiazole rings is 1. The van der Waals surface area contributed by atoms with Crippen LogP contribution in [-0.4, -0.2) is 17.7 Å². The standard InChI is InChI=1S/C15H24ClNOS/c1-11-5-6-14(8-12(11)2)18-7-3-4-15-17-13(9-16)10-19-15/h10-12,14H,3-9H2,1-2H3. The normalized spacial score (nSPS) is 27.6. The highest BCUT2D eigenvalue weighted by Crippen LogP contribution is 2.30. The molecule has 2 rings (SSSR count). The monoisotopic (exact) mass is 301 g/mol. The quantitative estimate of drug-likeness (QED) is 0.563. The van der Waals surface area contributed by atoms with Crippen LogP contribution < -0.4 is 0 Å². The maximum absolute atomic E-state index is 6.01. The summed E-state index contributed by atoms with van der Waals surface area (Å²) in [4.78, 5) is 4.47. The predicted molar refractivity (Wildman–Crippen MR) is 81.9 cm³/mol. The zero-order valence-corrected chi connectivity index (χ0v) is 13.5. The highest BCUT2D eigenvalue weighted by Gasteiger charge is 2.24. The van der Waals surface area contributed by atoms with Crippen molar-refractivity contribution in [2.24, 2.45) is 11.8 Å². The molecule has 0 radical (unpaired) electrons. The second kappa shape index (κ2) is 7.61. The zero-order valence-electron chi connectivity index (χ0n) is 11.9. The Morgan fingerprint density at radius 2 is 2.21 bits per heavy atom. The van der Waals surface area contributed by atoms with E-state index in [1.807, 2.05) is 5.38 Å². The van der Waals surface area contributed by atoms with Crippen molar-refractivity contribution in [3.8, 4) is 0 Å². The van der Waals surface area contributed by atoms with E-state index in [-0.39, 0.29) is 0 Å². The summed E-state index contributed by atoms with van der Waals surface area (Å²) in [5.41, 5.74) is 0.998. The van der Waals surface area contributed by atoms with Gasteiger partial charge >= 0.3 is 0 Å². The Bertz CT molecular complexity index is 382. The van der Waals surface area contributed by atoms with Crippen LogP contribution in [0.15, 0.2) is 5.38 Å². The van der Waals surface area contributed by atoms with E-state index in [0.29, 0.717) is 12.0 Å². The first kappa shape index (κ1) is 15.3. The van der Waals surface area contributed by atoms with Crippen LogP contribution >= 0.6 is 22.9 Å². The summed E-state index contributed by atoms with van der Waals surface area (Å²) in [5.74, 6) is 2.19. The van der Waals surface area contributed by atoms with Crippen molar-refractivity contribution in [3.63, 3.8) is 0 Å². The van der Waals surface area contributed by atoms with E-state index in [1.54, 1.807) is 11.3 Å². The summed E-state index contributed by atoms with van der Waals surface area (Å²) in [5, 5.41) is 3.23. The van der Waals surface area contributed by atoms with Crippen LogP contribution in [0, 0.1) is 11.8 Å².